The summed E-state index contributed by atoms with van der Waals surface area (Å²) in [6.07, 6.45) is 34.9. The van der Waals surface area contributed by atoms with Crippen LogP contribution in [0.2, 0.25) is 0 Å². The van der Waals surface area contributed by atoms with Crippen LogP contribution in [0.25, 0.3) is 0 Å². The van der Waals surface area contributed by atoms with Gasteiger partial charge in [0, 0.05) is 13.0 Å². The predicted octanol–water partition coefficient (Wildman–Crippen LogP) is 10.6. The quantitative estimate of drug-likeness (QED) is 0.0147. The highest BCUT2D eigenvalue weighted by Crippen LogP contribution is 2.47. The third-order valence-electron chi connectivity index (χ3n) is 11.5. The minimum atomic E-state index is -5.02. The molecular formula is C49H91O12P. The van der Waals surface area contributed by atoms with E-state index in [2.05, 4.69) is 50.3 Å². The van der Waals surface area contributed by atoms with Gasteiger partial charge in [0.1, 0.15) is 42.7 Å². The van der Waals surface area contributed by atoms with Crippen LogP contribution in [0.1, 0.15) is 206 Å². The van der Waals surface area contributed by atoms with Gasteiger partial charge in [-0.25, -0.2) is 4.57 Å². The molecule has 0 amide bonds. The van der Waals surface area contributed by atoms with E-state index < -0.39 is 63.1 Å². The van der Waals surface area contributed by atoms with Crippen LogP contribution < -0.4 is 0 Å². The Balaban J connectivity index is 2.36. The van der Waals surface area contributed by atoms with Crippen molar-refractivity contribution in [1.82, 2.24) is 0 Å². The topological polar surface area (TPSA) is 192 Å². The van der Waals surface area contributed by atoms with Crippen LogP contribution in [0, 0.1) is 0 Å². The molecule has 364 valence electrons. The maximum Gasteiger partial charge on any atom is 0.472 e. The smallest absolute Gasteiger partial charge is 0.457 e. The van der Waals surface area contributed by atoms with Gasteiger partial charge in [0.05, 0.1) is 13.2 Å². The summed E-state index contributed by atoms with van der Waals surface area (Å²) in [6, 6.07) is 0. The number of rotatable bonds is 42. The van der Waals surface area contributed by atoms with Crippen LogP contribution in [-0.2, 0) is 27.9 Å². The monoisotopic (exact) mass is 903 g/mol. The van der Waals surface area contributed by atoms with E-state index in [9.17, 15) is 39.8 Å². The van der Waals surface area contributed by atoms with Crippen molar-refractivity contribution in [2.45, 2.75) is 249 Å². The second-order valence-corrected chi connectivity index (χ2v) is 18.7. The van der Waals surface area contributed by atoms with E-state index in [1.165, 1.54) is 109 Å². The van der Waals surface area contributed by atoms with E-state index in [0.29, 0.717) is 13.0 Å². The first-order valence-corrected chi connectivity index (χ1v) is 26.3. The molecule has 12 nitrogen and oxygen atoms in total. The third kappa shape index (κ3) is 31.4. The summed E-state index contributed by atoms with van der Waals surface area (Å²) in [6.45, 7) is 4.23. The summed E-state index contributed by atoms with van der Waals surface area (Å²) in [5.74, 6) is -0.486. The molecule has 0 bridgehead atoms. The van der Waals surface area contributed by atoms with E-state index in [1.54, 1.807) is 0 Å². The second kappa shape index (κ2) is 39.9. The minimum absolute atomic E-state index is 0.0810. The van der Waals surface area contributed by atoms with Gasteiger partial charge in [0.25, 0.3) is 0 Å². The molecule has 6 atom stereocenters. The van der Waals surface area contributed by atoms with Crippen LogP contribution in [0.15, 0.2) is 36.5 Å². The standard InChI is InChI=1S/C49H91O12P/c1-3-5-7-9-11-13-15-17-19-20-21-22-23-25-27-29-31-33-35-37-39-58-40-42(41-59-62(56,57)61-49-47(54)45(52)44(51)46(53)48(49)55)60-43(50)38-36-34-32-30-28-26-24-18-16-14-12-10-8-6-4-2/h11,13,17-19,24,42,44-49,51-55H,3-10,12,14-16,20-23,25-41H2,1-2H3,(H,56,57)/b13-11-,19-17-,24-18-. The van der Waals surface area contributed by atoms with Gasteiger partial charge in [0.15, 0.2) is 0 Å². The Hall–Kier alpha value is -1.44. The number of ether oxygens (including phenoxy) is 2. The number of phosphoric ester groups is 1. The first kappa shape index (κ1) is 58.6. The molecule has 6 unspecified atom stereocenters. The molecule has 6 N–H and O–H groups in total. The molecule has 0 aliphatic heterocycles. The van der Waals surface area contributed by atoms with Crippen LogP contribution in [0.5, 0.6) is 0 Å². The van der Waals surface area contributed by atoms with E-state index in [-0.39, 0.29) is 13.0 Å². The molecule has 0 aromatic carbocycles. The molecule has 1 aliphatic carbocycles. The van der Waals surface area contributed by atoms with Gasteiger partial charge in [-0.3, -0.25) is 13.8 Å². The molecular weight excluding hydrogens is 812 g/mol. The van der Waals surface area contributed by atoms with Crippen molar-refractivity contribution in [2.75, 3.05) is 19.8 Å². The third-order valence-corrected chi connectivity index (χ3v) is 12.5. The van der Waals surface area contributed by atoms with Gasteiger partial charge in [-0.1, -0.05) is 166 Å². The van der Waals surface area contributed by atoms with Gasteiger partial charge in [0.2, 0.25) is 0 Å². The first-order chi connectivity index (χ1) is 30.0. The fraction of sp³-hybridized carbons (Fsp3) is 0.857. The largest absolute Gasteiger partial charge is 0.472 e. The normalized spacial score (nSPS) is 22.3. The number of hydrogen-bond donors (Lipinski definition) is 6. The highest BCUT2D eigenvalue weighted by Gasteiger charge is 2.51. The number of aliphatic hydroxyl groups is 5. The Morgan fingerprint density at radius 2 is 0.903 bits per heavy atom. The molecule has 1 rings (SSSR count). The summed E-state index contributed by atoms with van der Waals surface area (Å²) in [5, 5.41) is 50.2. The number of hydrogen-bond acceptors (Lipinski definition) is 11. The predicted molar refractivity (Wildman–Crippen MR) is 249 cm³/mol. The molecule has 1 saturated carbocycles. The Bertz CT molecular complexity index is 1170. The molecule has 0 radical (unpaired) electrons. The lowest BCUT2D eigenvalue weighted by atomic mass is 9.85. The zero-order valence-electron chi connectivity index (χ0n) is 38.9. The van der Waals surface area contributed by atoms with Crippen molar-refractivity contribution < 1.29 is 58.3 Å². The molecule has 1 aliphatic rings. The van der Waals surface area contributed by atoms with Crippen LogP contribution in [-0.4, -0.2) is 98.9 Å². The van der Waals surface area contributed by atoms with Crippen molar-refractivity contribution in [1.29, 1.82) is 0 Å². The average molecular weight is 903 g/mol. The molecule has 13 heteroatoms. The van der Waals surface area contributed by atoms with E-state index in [1.807, 2.05) is 0 Å². The van der Waals surface area contributed by atoms with Crippen molar-refractivity contribution in [2.24, 2.45) is 0 Å². The number of esters is 1. The molecule has 0 saturated heterocycles. The number of carbonyl (C=O) groups is 1. The second-order valence-electron chi connectivity index (χ2n) is 17.3. The van der Waals surface area contributed by atoms with Crippen molar-refractivity contribution >= 4 is 13.8 Å². The molecule has 0 aromatic rings. The summed E-state index contributed by atoms with van der Waals surface area (Å²) < 4.78 is 34.2. The fourth-order valence-corrected chi connectivity index (χ4v) is 8.47. The zero-order valence-corrected chi connectivity index (χ0v) is 39.8. The Kier molecular flexibility index (Phi) is 37.7. The molecule has 0 aromatic heterocycles. The van der Waals surface area contributed by atoms with E-state index >= 15 is 0 Å². The molecule has 1 fully saturated rings. The summed E-state index contributed by atoms with van der Waals surface area (Å²) >= 11 is 0. The fourth-order valence-electron chi connectivity index (χ4n) is 7.50. The van der Waals surface area contributed by atoms with Crippen molar-refractivity contribution in [3.8, 4) is 0 Å². The minimum Gasteiger partial charge on any atom is -0.457 e. The zero-order chi connectivity index (χ0) is 45.5. The Morgan fingerprint density at radius 1 is 0.516 bits per heavy atom. The van der Waals surface area contributed by atoms with Crippen LogP contribution >= 0.6 is 7.82 Å². The average Bonchev–Trinajstić information content (AvgIpc) is 3.26. The molecule has 62 heavy (non-hydrogen) atoms. The number of carbonyl (C=O) groups excluding carboxylic acids is 1. The lowest BCUT2D eigenvalue weighted by Crippen LogP contribution is -2.64. The Morgan fingerprint density at radius 3 is 1.40 bits per heavy atom. The van der Waals surface area contributed by atoms with E-state index in [4.69, 9.17) is 18.5 Å². The highest BCUT2D eigenvalue weighted by atomic mass is 31.2. The van der Waals surface area contributed by atoms with Gasteiger partial charge in [-0.05, 0) is 70.6 Å². The maximum absolute atomic E-state index is 12.8. The number of phosphoric acid groups is 1. The number of unbranched alkanes of at least 4 members (excludes halogenated alkanes) is 24. The summed E-state index contributed by atoms with van der Waals surface area (Å²) in [5.41, 5.74) is 0. The van der Waals surface area contributed by atoms with Gasteiger partial charge in [-0.15, -0.1) is 0 Å². The summed E-state index contributed by atoms with van der Waals surface area (Å²) in [4.78, 5) is 23.2. The number of allylic oxidation sites excluding steroid dienone is 6. The van der Waals surface area contributed by atoms with Crippen LogP contribution in [0.3, 0.4) is 0 Å². The summed E-state index contributed by atoms with van der Waals surface area (Å²) in [7, 11) is -5.02. The maximum atomic E-state index is 12.8. The first-order valence-electron chi connectivity index (χ1n) is 24.8. The molecule has 0 spiro atoms. The van der Waals surface area contributed by atoms with Crippen molar-refractivity contribution in [3.05, 3.63) is 36.5 Å². The van der Waals surface area contributed by atoms with Crippen molar-refractivity contribution in [3.63, 3.8) is 0 Å². The van der Waals surface area contributed by atoms with E-state index in [0.717, 1.165) is 70.6 Å². The number of aliphatic hydroxyl groups excluding tert-OH is 5. The molecule has 0 heterocycles. The highest BCUT2D eigenvalue weighted by molar-refractivity contribution is 7.47. The SMILES string of the molecule is CCCCC/C=C\C/C=C\CCCCCCCCCCCCOCC(COP(=O)(O)OC1C(O)C(O)C(O)C(O)C1O)OC(=O)CCCCCCC/C=C\CCCCCCCC. The van der Waals surface area contributed by atoms with Gasteiger partial charge < -0.3 is 39.9 Å². The Labute approximate surface area is 376 Å². The lowest BCUT2D eigenvalue weighted by molar-refractivity contribution is -0.220. The lowest BCUT2D eigenvalue weighted by Gasteiger charge is -2.41. The van der Waals surface area contributed by atoms with Gasteiger partial charge >= 0.3 is 13.8 Å². The van der Waals surface area contributed by atoms with Gasteiger partial charge in [-0.2, -0.15) is 0 Å². The van der Waals surface area contributed by atoms with Crippen LogP contribution in [0.4, 0.5) is 0 Å².